The van der Waals surface area contributed by atoms with Crippen LogP contribution in [0.5, 0.6) is 0 Å². The summed E-state index contributed by atoms with van der Waals surface area (Å²) < 4.78 is 15.8. The molecule has 0 heterocycles. The molecule has 0 saturated heterocycles. The first kappa shape index (κ1) is 48.5. The Kier molecular flexibility index (Phi) is 33.0. The topological polar surface area (TPSA) is 116 Å². The van der Waals surface area contributed by atoms with Gasteiger partial charge in [0, 0.05) is 18.9 Å². The average Bonchev–Trinajstić information content (AvgIpc) is 3.04. The Bertz CT molecular complexity index is 778. The van der Waals surface area contributed by atoms with E-state index in [0.717, 1.165) is 38.6 Å². The van der Waals surface area contributed by atoms with Crippen molar-refractivity contribution in [3.8, 4) is 0 Å². The number of amides is 1. The summed E-state index contributed by atoms with van der Waals surface area (Å²) in [5, 5.41) is 13.4. The van der Waals surface area contributed by atoms with Gasteiger partial charge in [-0.2, -0.15) is 0 Å². The molecule has 294 valence electrons. The second-order valence-electron chi connectivity index (χ2n) is 15.7. The number of hydrogen-bond donors (Lipinski definition) is 4. The molecule has 2 atom stereocenters. The summed E-state index contributed by atoms with van der Waals surface area (Å²) in [6.07, 6.45) is 36.5. The standard InChI is InChI=1S/C40H83N2O6P/c1-5-7-9-11-13-15-17-19-20-22-24-26-28-30-33-38(32-29-27-25-23-21-18-16-14-12-10-8-6-2)40(44)41-34-31-35-42(3,4)36-39(43)37-48-49(45,46)47/h38-39,43H,5-37H2,1-4H3,(H2-,41,44,45,46,47)/p+1. The number of quaternary nitrogens is 1. The Hall–Kier alpha value is -0.500. The lowest BCUT2D eigenvalue weighted by Crippen LogP contribution is -2.48. The Balaban J connectivity index is 4.38. The number of rotatable bonds is 38. The molecule has 4 N–H and O–H groups in total. The molecule has 0 aromatic heterocycles. The smallest absolute Gasteiger partial charge is 0.385 e. The zero-order chi connectivity index (χ0) is 36.5. The van der Waals surface area contributed by atoms with E-state index in [1.165, 1.54) is 154 Å². The molecule has 0 rings (SSSR count). The van der Waals surface area contributed by atoms with Gasteiger partial charge in [-0.25, -0.2) is 4.57 Å². The van der Waals surface area contributed by atoms with Crippen molar-refractivity contribution < 1.29 is 33.3 Å². The molecule has 9 heteroatoms. The van der Waals surface area contributed by atoms with Crippen molar-refractivity contribution in [3.05, 3.63) is 0 Å². The SMILES string of the molecule is CCCCCCCCCCCCCCCCC(CCCCCCCCCCCCCC)C(=O)NCCC[N+](C)(C)CC(O)COP(=O)(O)O. The van der Waals surface area contributed by atoms with E-state index in [9.17, 15) is 14.5 Å². The van der Waals surface area contributed by atoms with Crippen molar-refractivity contribution >= 4 is 13.7 Å². The molecular weight excluding hydrogens is 635 g/mol. The van der Waals surface area contributed by atoms with Crippen LogP contribution in [0, 0.1) is 5.92 Å². The number of carbonyl (C=O) groups is 1. The van der Waals surface area contributed by atoms with Crippen LogP contribution in [-0.4, -0.2) is 71.7 Å². The molecule has 0 aliphatic heterocycles. The van der Waals surface area contributed by atoms with Gasteiger partial charge in [0.05, 0.1) is 27.2 Å². The van der Waals surface area contributed by atoms with Gasteiger partial charge in [0.2, 0.25) is 5.91 Å². The lowest BCUT2D eigenvalue weighted by molar-refractivity contribution is -0.893. The molecule has 1 amide bonds. The van der Waals surface area contributed by atoms with E-state index in [4.69, 9.17) is 9.79 Å². The van der Waals surface area contributed by atoms with Gasteiger partial charge in [0.15, 0.2) is 0 Å². The third-order valence-electron chi connectivity index (χ3n) is 10.1. The largest absolute Gasteiger partial charge is 0.469 e. The second-order valence-corrected chi connectivity index (χ2v) is 16.9. The maximum absolute atomic E-state index is 13.3. The van der Waals surface area contributed by atoms with E-state index in [0.29, 0.717) is 17.6 Å². The molecule has 2 unspecified atom stereocenters. The minimum absolute atomic E-state index is 0.0922. The number of aliphatic hydroxyl groups excluding tert-OH is 1. The molecule has 0 aliphatic rings. The van der Waals surface area contributed by atoms with E-state index in [1.54, 1.807) is 0 Å². The number of hydrogen-bond acceptors (Lipinski definition) is 4. The van der Waals surface area contributed by atoms with Crippen molar-refractivity contribution in [2.75, 3.05) is 40.3 Å². The highest BCUT2D eigenvalue weighted by molar-refractivity contribution is 7.46. The maximum Gasteiger partial charge on any atom is 0.469 e. The molecule has 0 aliphatic carbocycles. The number of unbranched alkanes of at least 4 members (excludes halogenated alkanes) is 24. The number of phosphoric ester groups is 1. The third-order valence-corrected chi connectivity index (χ3v) is 10.5. The van der Waals surface area contributed by atoms with Gasteiger partial charge in [-0.05, 0) is 12.8 Å². The predicted octanol–water partition coefficient (Wildman–Crippen LogP) is 10.6. The van der Waals surface area contributed by atoms with Crippen LogP contribution in [0.2, 0.25) is 0 Å². The maximum atomic E-state index is 13.3. The summed E-state index contributed by atoms with van der Waals surface area (Å²) in [5.41, 5.74) is 0. The quantitative estimate of drug-likeness (QED) is 0.0287. The number of aliphatic hydroxyl groups is 1. The van der Waals surface area contributed by atoms with Crippen LogP contribution in [0.4, 0.5) is 0 Å². The van der Waals surface area contributed by atoms with Crippen molar-refractivity contribution in [1.82, 2.24) is 5.32 Å². The zero-order valence-electron chi connectivity index (χ0n) is 33.0. The van der Waals surface area contributed by atoms with Gasteiger partial charge in [-0.1, -0.05) is 181 Å². The summed E-state index contributed by atoms with van der Waals surface area (Å²) in [6, 6.07) is 0. The highest BCUT2D eigenvalue weighted by atomic mass is 31.2. The molecule has 49 heavy (non-hydrogen) atoms. The molecule has 0 radical (unpaired) electrons. The Morgan fingerprint density at radius 2 is 0.959 bits per heavy atom. The highest BCUT2D eigenvalue weighted by Crippen LogP contribution is 2.35. The Labute approximate surface area is 304 Å². The number of nitrogens with zero attached hydrogens (tertiary/aromatic N) is 1. The van der Waals surface area contributed by atoms with E-state index in [1.807, 2.05) is 14.1 Å². The minimum Gasteiger partial charge on any atom is -0.385 e. The van der Waals surface area contributed by atoms with Crippen LogP contribution >= 0.6 is 7.82 Å². The summed E-state index contributed by atoms with van der Waals surface area (Å²) in [4.78, 5) is 31.0. The van der Waals surface area contributed by atoms with Crippen LogP contribution in [-0.2, 0) is 13.9 Å². The molecule has 8 nitrogen and oxygen atoms in total. The number of likely N-dealkylation sites (N-methyl/N-ethyl adjacent to an activating group) is 1. The highest BCUT2D eigenvalue weighted by Gasteiger charge is 2.24. The van der Waals surface area contributed by atoms with E-state index in [2.05, 4.69) is 23.7 Å². The van der Waals surface area contributed by atoms with Crippen molar-refractivity contribution in [2.24, 2.45) is 5.92 Å². The lowest BCUT2D eigenvalue weighted by Gasteiger charge is -2.32. The van der Waals surface area contributed by atoms with Crippen LogP contribution < -0.4 is 5.32 Å². The molecular formula is C40H84N2O6P+. The van der Waals surface area contributed by atoms with Gasteiger partial charge in [0.25, 0.3) is 0 Å². The van der Waals surface area contributed by atoms with Crippen molar-refractivity contribution in [2.45, 2.75) is 206 Å². The molecule has 0 saturated carbocycles. The second kappa shape index (κ2) is 33.3. The number of phosphoric acid groups is 1. The van der Waals surface area contributed by atoms with E-state index >= 15 is 0 Å². The monoisotopic (exact) mass is 720 g/mol. The van der Waals surface area contributed by atoms with Crippen LogP contribution in [0.15, 0.2) is 0 Å². The fraction of sp³-hybridized carbons (Fsp3) is 0.975. The Morgan fingerprint density at radius 1 is 0.612 bits per heavy atom. The van der Waals surface area contributed by atoms with Crippen LogP contribution in [0.1, 0.15) is 200 Å². The summed E-state index contributed by atoms with van der Waals surface area (Å²) in [6.45, 7) is 5.80. The Morgan fingerprint density at radius 3 is 1.31 bits per heavy atom. The van der Waals surface area contributed by atoms with Crippen LogP contribution in [0.3, 0.4) is 0 Å². The summed E-state index contributed by atoms with van der Waals surface area (Å²) in [5.74, 6) is 0.285. The number of nitrogens with one attached hydrogen (secondary N) is 1. The fourth-order valence-corrected chi connectivity index (χ4v) is 7.35. The predicted molar refractivity (Wildman–Crippen MR) is 208 cm³/mol. The van der Waals surface area contributed by atoms with Gasteiger partial charge < -0.3 is 24.7 Å². The lowest BCUT2D eigenvalue weighted by atomic mass is 9.93. The van der Waals surface area contributed by atoms with Gasteiger partial charge in [-0.15, -0.1) is 0 Å². The van der Waals surface area contributed by atoms with Gasteiger partial charge in [-0.3, -0.25) is 9.32 Å². The summed E-state index contributed by atoms with van der Waals surface area (Å²) >= 11 is 0. The summed E-state index contributed by atoms with van der Waals surface area (Å²) in [7, 11) is -0.660. The molecule has 0 fully saturated rings. The molecule has 0 bridgehead atoms. The minimum atomic E-state index is -4.59. The third kappa shape index (κ3) is 35.7. The normalized spacial score (nSPS) is 13.5. The van der Waals surface area contributed by atoms with Crippen molar-refractivity contribution in [3.63, 3.8) is 0 Å². The fourth-order valence-electron chi connectivity index (χ4n) is 6.98. The number of carbonyl (C=O) groups excluding carboxylic acids is 1. The van der Waals surface area contributed by atoms with Crippen LogP contribution in [0.25, 0.3) is 0 Å². The molecule has 0 aromatic carbocycles. The molecule has 0 aromatic rings. The first-order valence-corrected chi connectivity index (χ1v) is 22.5. The first-order chi connectivity index (χ1) is 23.5. The average molecular weight is 720 g/mol. The first-order valence-electron chi connectivity index (χ1n) is 21.0. The zero-order valence-corrected chi connectivity index (χ0v) is 33.8. The van der Waals surface area contributed by atoms with Gasteiger partial charge in [0.1, 0.15) is 12.6 Å². The van der Waals surface area contributed by atoms with Gasteiger partial charge >= 0.3 is 7.82 Å². The van der Waals surface area contributed by atoms with Crippen molar-refractivity contribution in [1.29, 1.82) is 0 Å². The van der Waals surface area contributed by atoms with E-state index < -0.39 is 20.5 Å². The molecule has 0 spiro atoms. The van der Waals surface area contributed by atoms with E-state index in [-0.39, 0.29) is 11.8 Å².